The van der Waals surface area contributed by atoms with Gasteiger partial charge < -0.3 is 15.8 Å². The number of carbonyl (C=O) groups is 1. The fourth-order valence-corrected chi connectivity index (χ4v) is 2.19. The van der Waals surface area contributed by atoms with E-state index in [0.717, 1.165) is 38.6 Å². The molecule has 0 heterocycles. The molecule has 0 spiro atoms. The van der Waals surface area contributed by atoms with Crippen LogP contribution in [0.5, 0.6) is 0 Å². The van der Waals surface area contributed by atoms with E-state index in [1.807, 2.05) is 0 Å². The molecule has 0 aromatic rings. The monoisotopic (exact) mass is 214 g/mol. The molecule has 0 unspecified atom stereocenters. The molecule has 3 N–H and O–H groups in total. The van der Waals surface area contributed by atoms with Gasteiger partial charge in [-0.05, 0) is 38.6 Å². The molecule has 0 aromatic heterocycles. The molecule has 0 aliphatic heterocycles. The Balaban J connectivity index is 2.56. The summed E-state index contributed by atoms with van der Waals surface area (Å²) in [5, 5.41) is 3.30. The van der Waals surface area contributed by atoms with Crippen LogP contribution >= 0.6 is 0 Å². The van der Waals surface area contributed by atoms with Crippen molar-refractivity contribution in [2.75, 3.05) is 13.7 Å². The molecule has 0 saturated heterocycles. The van der Waals surface area contributed by atoms with Crippen molar-refractivity contribution in [2.45, 2.75) is 50.7 Å². The molecule has 4 heteroatoms. The Morgan fingerprint density at radius 1 is 1.53 bits per heavy atom. The summed E-state index contributed by atoms with van der Waals surface area (Å²) in [5.74, 6) is -0.217. The van der Waals surface area contributed by atoms with Crippen molar-refractivity contribution in [3.8, 4) is 0 Å². The summed E-state index contributed by atoms with van der Waals surface area (Å²) in [4.78, 5) is 11.5. The van der Waals surface area contributed by atoms with Gasteiger partial charge in [0.15, 0.2) is 0 Å². The second-order valence-corrected chi connectivity index (χ2v) is 4.31. The highest BCUT2D eigenvalue weighted by Crippen LogP contribution is 2.29. The minimum Gasteiger partial charge on any atom is -0.381 e. The topological polar surface area (TPSA) is 64.3 Å². The van der Waals surface area contributed by atoms with Gasteiger partial charge >= 0.3 is 0 Å². The van der Waals surface area contributed by atoms with Crippen LogP contribution in [0.1, 0.15) is 39.0 Å². The highest BCUT2D eigenvalue weighted by atomic mass is 16.5. The first-order chi connectivity index (χ1) is 7.14. The van der Waals surface area contributed by atoms with Crippen LogP contribution < -0.4 is 11.1 Å². The maximum Gasteiger partial charge on any atom is 0.237 e. The maximum absolute atomic E-state index is 11.5. The molecule has 1 amide bonds. The number of primary amides is 1. The van der Waals surface area contributed by atoms with Gasteiger partial charge in [0.2, 0.25) is 5.91 Å². The Kier molecular flexibility index (Phi) is 4.54. The SMILES string of the molecule is CCCNC1(C(N)=O)CCC(OC)CC1. The fourth-order valence-electron chi connectivity index (χ4n) is 2.19. The summed E-state index contributed by atoms with van der Waals surface area (Å²) >= 11 is 0. The van der Waals surface area contributed by atoms with Crippen LogP contribution in [0, 0.1) is 0 Å². The molecular formula is C11H22N2O2. The average molecular weight is 214 g/mol. The number of hydrogen-bond donors (Lipinski definition) is 2. The van der Waals surface area contributed by atoms with E-state index in [-0.39, 0.29) is 5.91 Å². The van der Waals surface area contributed by atoms with Crippen molar-refractivity contribution >= 4 is 5.91 Å². The van der Waals surface area contributed by atoms with E-state index in [9.17, 15) is 4.79 Å². The zero-order chi connectivity index (χ0) is 11.3. The number of carbonyl (C=O) groups excluding carboxylic acids is 1. The molecule has 0 bridgehead atoms. The standard InChI is InChI=1S/C11H22N2O2/c1-3-8-13-11(10(12)14)6-4-9(15-2)5-7-11/h9,13H,3-8H2,1-2H3,(H2,12,14). The Bertz CT molecular complexity index is 211. The average Bonchev–Trinajstić information content (AvgIpc) is 2.27. The molecule has 1 rings (SSSR count). The number of ether oxygens (including phenoxy) is 1. The van der Waals surface area contributed by atoms with Crippen molar-refractivity contribution in [3.63, 3.8) is 0 Å². The van der Waals surface area contributed by atoms with E-state index in [2.05, 4.69) is 12.2 Å². The third kappa shape index (κ3) is 2.92. The zero-order valence-corrected chi connectivity index (χ0v) is 9.71. The van der Waals surface area contributed by atoms with Gasteiger partial charge in [-0.25, -0.2) is 0 Å². The normalized spacial score (nSPS) is 31.5. The lowest BCUT2D eigenvalue weighted by Gasteiger charge is -2.38. The van der Waals surface area contributed by atoms with Crippen molar-refractivity contribution < 1.29 is 9.53 Å². The van der Waals surface area contributed by atoms with Gasteiger partial charge in [0.05, 0.1) is 11.6 Å². The predicted octanol–water partition coefficient (Wildman–Crippen LogP) is 0.799. The molecule has 88 valence electrons. The van der Waals surface area contributed by atoms with Gasteiger partial charge in [-0.2, -0.15) is 0 Å². The number of rotatable bonds is 5. The van der Waals surface area contributed by atoms with Crippen LogP contribution in [0.2, 0.25) is 0 Å². The Morgan fingerprint density at radius 2 is 2.13 bits per heavy atom. The first-order valence-electron chi connectivity index (χ1n) is 5.72. The summed E-state index contributed by atoms with van der Waals surface area (Å²) in [7, 11) is 1.72. The lowest BCUT2D eigenvalue weighted by atomic mass is 9.79. The van der Waals surface area contributed by atoms with Crippen LogP contribution in [0.25, 0.3) is 0 Å². The molecule has 1 saturated carbocycles. The Morgan fingerprint density at radius 3 is 2.53 bits per heavy atom. The second-order valence-electron chi connectivity index (χ2n) is 4.31. The summed E-state index contributed by atoms with van der Waals surface area (Å²) in [6, 6.07) is 0. The number of nitrogens with one attached hydrogen (secondary N) is 1. The van der Waals surface area contributed by atoms with Crippen LogP contribution in [-0.2, 0) is 9.53 Å². The minimum atomic E-state index is -0.481. The van der Waals surface area contributed by atoms with Crippen molar-refractivity contribution in [1.82, 2.24) is 5.32 Å². The van der Waals surface area contributed by atoms with Gasteiger partial charge in [0.1, 0.15) is 0 Å². The molecule has 1 aliphatic rings. The van der Waals surface area contributed by atoms with Gasteiger partial charge in [0.25, 0.3) is 0 Å². The third-order valence-electron chi connectivity index (χ3n) is 3.30. The van der Waals surface area contributed by atoms with Gasteiger partial charge in [-0.1, -0.05) is 6.92 Å². The van der Waals surface area contributed by atoms with Crippen LogP contribution in [-0.4, -0.2) is 31.2 Å². The second kappa shape index (κ2) is 5.47. The van der Waals surface area contributed by atoms with Crippen LogP contribution in [0.4, 0.5) is 0 Å². The lowest BCUT2D eigenvalue weighted by Crippen LogP contribution is -2.58. The minimum absolute atomic E-state index is 0.217. The van der Waals surface area contributed by atoms with E-state index in [1.54, 1.807) is 7.11 Å². The molecular weight excluding hydrogens is 192 g/mol. The van der Waals surface area contributed by atoms with E-state index >= 15 is 0 Å². The van der Waals surface area contributed by atoms with Gasteiger partial charge in [0, 0.05) is 7.11 Å². The number of nitrogens with two attached hydrogens (primary N) is 1. The highest BCUT2D eigenvalue weighted by Gasteiger charge is 2.39. The van der Waals surface area contributed by atoms with E-state index < -0.39 is 5.54 Å². The Labute approximate surface area is 91.5 Å². The summed E-state index contributed by atoms with van der Waals surface area (Å²) in [5.41, 5.74) is 5.01. The van der Waals surface area contributed by atoms with Crippen LogP contribution in [0.15, 0.2) is 0 Å². The van der Waals surface area contributed by atoms with Gasteiger partial charge in [-0.15, -0.1) is 0 Å². The van der Waals surface area contributed by atoms with E-state index in [1.165, 1.54) is 0 Å². The summed E-state index contributed by atoms with van der Waals surface area (Å²) < 4.78 is 5.29. The summed E-state index contributed by atoms with van der Waals surface area (Å²) in [6.07, 6.45) is 4.72. The third-order valence-corrected chi connectivity index (χ3v) is 3.30. The van der Waals surface area contributed by atoms with Crippen LogP contribution in [0.3, 0.4) is 0 Å². The molecule has 15 heavy (non-hydrogen) atoms. The number of methoxy groups -OCH3 is 1. The Hall–Kier alpha value is -0.610. The largest absolute Gasteiger partial charge is 0.381 e. The van der Waals surface area contributed by atoms with E-state index in [0.29, 0.717) is 6.10 Å². The van der Waals surface area contributed by atoms with Crippen molar-refractivity contribution in [1.29, 1.82) is 0 Å². The smallest absolute Gasteiger partial charge is 0.237 e. The molecule has 0 atom stereocenters. The first-order valence-corrected chi connectivity index (χ1v) is 5.72. The molecule has 1 aliphatic carbocycles. The molecule has 4 nitrogen and oxygen atoms in total. The van der Waals surface area contributed by atoms with Crippen molar-refractivity contribution in [3.05, 3.63) is 0 Å². The summed E-state index contributed by atoms with van der Waals surface area (Å²) in [6.45, 7) is 2.93. The number of hydrogen-bond acceptors (Lipinski definition) is 3. The van der Waals surface area contributed by atoms with Gasteiger partial charge in [-0.3, -0.25) is 4.79 Å². The molecule has 0 radical (unpaired) electrons. The molecule has 0 aromatic carbocycles. The fraction of sp³-hybridized carbons (Fsp3) is 0.909. The molecule has 1 fully saturated rings. The predicted molar refractivity (Wildman–Crippen MR) is 59.5 cm³/mol. The zero-order valence-electron chi connectivity index (χ0n) is 9.71. The first kappa shape index (κ1) is 12.5. The lowest BCUT2D eigenvalue weighted by molar-refractivity contribution is -0.126. The van der Waals surface area contributed by atoms with E-state index in [4.69, 9.17) is 10.5 Å². The maximum atomic E-state index is 11.5. The number of amides is 1. The van der Waals surface area contributed by atoms with Crippen molar-refractivity contribution in [2.24, 2.45) is 5.73 Å². The quantitative estimate of drug-likeness (QED) is 0.711. The highest BCUT2D eigenvalue weighted by molar-refractivity contribution is 5.84.